The van der Waals surface area contributed by atoms with Gasteiger partial charge in [0.05, 0.1) is 12.6 Å². The van der Waals surface area contributed by atoms with Gasteiger partial charge in [0, 0.05) is 19.5 Å². The molecule has 0 spiro atoms. The zero-order valence-corrected chi connectivity index (χ0v) is 11.6. The van der Waals surface area contributed by atoms with Crippen LogP contribution in [0.4, 0.5) is 4.39 Å². The third kappa shape index (κ3) is 3.63. The lowest BCUT2D eigenvalue weighted by molar-refractivity contribution is -0.131. The van der Waals surface area contributed by atoms with E-state index in [1.165, 1.54) is 12.1 Å². The van der Waals surface area contributed by atoms with E-state index in [9.17, 15) is 14.0 Å². The monoisotopic (exact) mass is 278 g/mol. The molecule has 0 radical (unpaired) electrons. The largest absolute Gasteiger partial charge is 0.353 e. The molecular formula is C15H19FN2O2. The van der Waals surface area contributed by atoms with Crippen molar-refractivity contribution in [3.05, 3.63) is 35.6 Å². The van der Waals surface area contributed by atoms with Crippen LogP contribution in [-0.4, -0.2) is 42.3 Å². The van der Waals surface area contributed by atoms with Crippen molar-refractivity contribution in [3.8, 4) is 0 Å². The van der Waals surface area contributed by atoms with Crippen molar-refractivity contribution in [1.82, 2.24) is 10.2 Å². The molecule has 1 aromatic carbocycles. The van der Waals surface area contributed by atoms with Gasteiger partial charge in [-0.15, -0.1) is 0 Å². The maximum atomic E-state index is 12.8. The summed E-state index contributed by atoms with van der Waals surface area (Å²) in [5.41, 5.74) is 0.797. The Kier molecular flexibility index (Phi) is 4.84. The van der Waals surface area contributed by atoms with Crippen LogP contribution in [0.3, 0.4) is 0 Å². The number of carbonyl (C=O) groups is 2. The summed E-state index contributed by atoms with van der Waals surface area (Å²) >= 11 is 0. The third-order valence-electron chi connectivity index (χ3n) is 3.52. The summed E-state index contributed by atoms with van der Waals surface area (Å²) in [5.74, 6) is -0.266. The lowest BCUT2D eigenvalue weighted by Gasteiger charge is -2.33. The van der Waals surface area contributed by atoms with E-state index in [0.29, 0.717) is 19.5 Å². The zero-order chi connectivity index (χ0) is 14.5. The van der Waals surface area contributed by atoms with Gasteiger partial charge in [0.1, 0.15) is 5.82 Å². The zero-order valence-electron chi connectivity index (χ0n) is 11.6. The molecule has 1 aliphatic rings. The Labute approximate surface area is 118 Å². The molecule has 0 bridgehead atoms. The highest BCUT2D eigenvalue weighted by molar-refractivity contribution is 5.86. The highest BCUT2D eigenvalue weighted by Crippen LogP contribution is 2.10. The number of nitrogens with one attached hydrogen (secondary N) is 1. The molecule has 1 aromatic rings. The number of amides is 1. The van der Waals surface area contributed by atoms with Gasteiger partial charge >= 0.3 is 0 Å². The lowest BCUT2D eigenvalue weighted by atomic mass is 10.1. The molecule has 1 amide bonds. The Balaban J connectivity index is 1.93. The molecule has 0 aromatic heterocycles. The number of ketones is 1. The van der Waals surface area contributed by atoms with Crippen LogP contribution in [0.15, 0.2) is 24.3 Å². The first kappa shape index (κ1) is 14.7. The van der Waals surface area contributed by atoms with Crippen molar-refractivity contribution in [2.24, 2.45) is 0 Å². The molecule has 0 saturated carbocycles. The van der Waals surface area contributed by atoms with Crippen molar-refractivity contribution in [1.29, 1.82) is 0 Å². The van der Waals surface area contributed by atoms with Crippen LogP contribution in [0.5, 0.6) is 0 Å². The Morgan fingerprint density at radius 3 is 2.75 bits per heavy atom. The second kappa shape index (κ2) is 6.61. The van der Waals surface area contributed by atoms with Gasteiger partial charge in [0.25, 0.3) is 0 Å². The maximum absolute atomic E-state index is 12.8. The predicted octanol–water partition coefficient (Wildman–Crippen LogP) is 1.15. The van der Waals surface area contributed by atoms with E-state index in [-0.39, 0.29) is 36.5 Å². The number of nitrogens with zero attached hydrogens (tertiary/aromatic N) is 1. The van der Waals surface area contributed by atoms with Crippen LogP contribution >= 0.6 is 0 Å². The van der Waals surface area contributed by atoms with Gasteiger partial charge in [-0.25, -0.2) is 4.39 Å². The average Bonchev–Trinajstić information content (AvgIpc) is 2.42. The first-order valence-corrected chi connectivity index (χ1v) is 6.88. The lowest BCUT2D eigenvalue weighted by Crippen LogP contribution is -2.56. The van der Waals surface area contributed by atoms with Crippen LogP contribution in [0.1, 0.15) is 18.9 Å². The molecule has 1 atom stereocenters. The van der Waals surface area contributed by atoms with Crippen LogP contribution in [0.25, 0.3) is 0 Å². The van der Waals surface area contributed by atoms with Crippen molar-refractivity contribution in [3.63, 3.8) is 0 Å². The fraction of sp³-hybridized carbons (Fsp3) is 0.467. The molecule has 2 rings (SSSR count). The molecular weight excluding hydrogens is 259 g/mol. The van der Waals surface area contributed by atoms with Crippen molar-refractivity contribution >= 4 is 11.7 Å². The minimum absolute atomic E-state index is 0.00617. The standard InChI is InChI=1S/C15H19FN2O2/c1-2-14-15(20)17-7-8-18(14)10-13(19)9-11-3-5-12(16)6-4-11/h3-6,14H,2,7-10H2,1H3,(H,17,20). The maximum Gasteiger partial charge on any atom is 0.237 e. The predicted molar refractivity (Wildman–Crippen MR) is 73.8 cm³/mol. The van der Waals surface area contributed by atoms with Crippen molar-refractivity contribution in [2.45, 2.75) is 25.8 Å². The molecule has 108 valence electrons. The molecule has 1 fully saturated rings. The fourth-order valence-corrected chi connectivity index (χ4v) is 2.51. The van der Waals surface area contributed by atoms with E-state index in [2.05, 4.69) is 5.32 Å². The van der Waals surface area contributed by atoms with Crippen molar-refractivity contribution in [2.75, 3.05) is 19.6 Å². The van der Waals surface area contributed by atoms with Gasteiger partial charge in [-0.05, 0) is 24.1 Å². The van der Waals surface area contributed by atoms with Crippen molar-refractivity contribution < 1.29 is 14.0 Å². The molecule has 1 heterocycles. The smallest absolute Gasteiger partial charge is 0.237 e. The Bertz CT molecular complexity index is 487. The number of piperazine rings is 1. The Morgan fingerprint density at radius 2 is 2.10 bits per heavy atom. The number of hydrogen-bond acceptors (Lipinski definition) is 3. The van der Waals surface area contributed by atoms with Crippen LogP contribution in [0.2, 0.25) is 0 Å². The number of carbonyl (C=O) groups excluding carboxylic acids is 2. The summed E-state index contributed by atoms with van der Waals surface area (Å²) < 4.78 is 12.8. The van der Waals surface area contributed by atoms with Crippen LogP contribution in [-0.2, 0) is 16.0 Å². The third-order valence-corrected chi connectivity index (χ3v) is 3.52. The van der Waals surface area contributed by atoms with Gasteiger partial charge < -0.3 is 5.32 Å². The summed E-state index contributed by atoms with van der Waals surface area (Å²) in [5, 5.41) is 2.81. The normalized spacial score (nSPS) is 19.7. The first-order chi connectivity index (χ1) is 9.60. The molecule has 20 heavy (non-hydrogen) atoms. The highest BCUT2D eigenvalue weighted by atomic mass is 19.1. The molecule has 1 unspecified atom stereocenters. The van der Waals surface area contributed by atoms with Gasteiger partial charge in [-0.3, -0.25) is 14.5 Å². The summed E-state index contributed by atoms with van der Waals surface area (Å²) in [4.78, 5) is 25.7. The topological polar surface area (TPSA) is 49.4 Å². The SMILES string of the molecule is CCC1C(=O)NCCN1CC(=O)Cc1ccc(F)cc1. The van der Waals surface area contributed by atoms with Gasteiger partial charge in [0.2, 0.25) is 5.91 Å². The molecule has 1 N–H and O–H groups in total. The van der Waals surface area contributed by atoms with E-state index in [1.807, 2.05) is 11.8 Å². The molecule has 1 aliphatic heterocycles. The summed E-state index contributed by atoms with van der Waals surface area (Å²) in [7, 11) is 0. The van der Waals surface area contributed by atoms with Gasteiger partial charge in [-0.1, -0.05) is 19.1 Å². The van der Waals surface area contributed by atoms with E-state index in [4.69, 9.17) is 0 Å². The Morgan fingerprint density at radius 1 is 1.40 bits per heavy atom. The number of hydrogen-bond donors (Lipinski definition) is 1. The number of halogens is 1. The van der Waals surface area contributed by atoms with E-state index in [0.717, 1.165) is 5.56 Å². The minimum Gasteiger partial charge on any atom is -0.353 e. The molecule has 4 nitrogen and oxygen atoms in total. The highest BCUT2D eigenvalue weighted by Gasteiger charge is 2.28. The second-order valence-corrected chi connectivity index (χ2v) is 5.03. The number of Topliss-reactive ketones (excluding diaryl/α,β-unsaturated/α-hetero) is 1. The first-order valence-electron chi connectivity index (χ1n) is 6.88. The molecule has 1 saturated heterocycles. The van der Waals surface area contributed by atoms with Crippen LogP contribution < -0.4 is 5.32 Å². The summed E-state index contributed by atoms with van der Waals surface area (Å²) in [6.07, 6.45) is 0.963. The quantitative estimate of drug-likeness (QED) is 0.879. The van der Waals surface area contributed by atoms with E-state index in [1.54, 1.807) is 12.1 Å². The Hall–Kier alpha value is -1.75. The van der Waals surface area contributed by atoms with Gasteiger partial charge in [0.15, 0.2) is 5.78 Å². The second-order valence-electron chi connectivity index (χ2n) is 5.03. The van der Waals surface area contributed by atoms with Crippen LogP contribution in [0, 0.1) is 5.82 Å². The van der Waals surface area contributed by atoms with E-state index < -0.39 is 0 Å². The number of rotatable bonds is 5. The fourth-order valence-electron chi connectivity index (χ4n) is 2.51. The van der Waals surface area contributed by atoms with E-state index >= 15 is 0 Å². The minimum atomic E-state index is -0.306. The molecule has 0 aliphatic carbocycles. The molecule has 5 heteroatoms. The van der Waals surface area contributed by atoms with Gasteiger partial charge in [-0.2, -0.15) is 0 Å². The summed E-state index contributed by atoms with van der Waals surface area (Å²) in [6, 6.07) is 5.72. The number of benzene rings is 1. The summed E-state index contributed by atoms with van der Waals surface area (Å²) in [6.45, 7) is 3.48. The average molecular weight is 278 g/mol.